The molecule has 0 saturated carbocycles. The van der Waals surface area contributed by atoms with Gasteiger partial charge in [-0.2, -0.15) is 0 Å². The Morgan fingerprint density at radius 2 is 1.80 bits per heavy atom. The minimum atomic E-state index is -0.319. The number of hydrogen-bond donors (Lipinski definition) is 1. The molecule has 0 aromatic heterocycles. The minimum Gasteiger partial charge on any atom is -0.508 e. The Kier molecular flexibility index (Phi) is 4.41. The van der Waals surface area contributed by atoms with Crippen molar-refractivity contribution in [3.05, 3.63) is 54.1 Å². The zero-order valence-corrected chi connectivity index (χ0v) is 11.7. The van der Waals surface area contributed by atoms with Crippen molar-refractivity contribution >= 4 is 5.97 Å². The largest absolute Gasteiger partial charge is 0.508 e. The zero-order valence-electron chi connectivity index (χ0n) is 11.7. The zero-order chi connectivity index (χ0) is 14.5. The van der Waals surface area contributed by atoms with Gasteiger partial charge >= 0.3 is 5.97 Å². The molecule has 0 aliphatic carbocycles. The maximum absolute atomic E-state index is 11.9. The van der Waals surface area contributed by atoms with Crippen molar-refractivity contribution in [3.63, 3.8) is 0 Å². The number of hydrogen-bond acceptors (Lipinski definition) is 3. The van der Waals surface area contributed by atoms with Gasteiger partial charge < -0.3 is 9.84 Å². The summed E-state index contributed by atoms with van der Waals surface area (Å²) in [6, 6.07) is 14.7. The first-order valence-corrected chi connectivity index (χ1v) is 6.68. The highest BCUT2D eigenvalue weighted by molar-refractivity contribution is 5.82. The Bertz CT molecular complexity index is 587. The van der Waals surface area contributed by atoms with Crippen molar-refractivity contribution in [1.82, 2.24) is 0 Å². The molecule has 104 valence electrons. The average Bonchev–Trinajstić information content (AvgIpc) is 2.47. The van der Waals surface area contributed by atoms with Gasteiger partial charge in [-0.05, 0) is 42.7 Å². The Morgan fingerprint density at radius 3 is 2.45 bits per heavy atom. The van der Waals surface area contributed by atoms with Crippen LogP contribution in [-0.2, 0) is 9.53 Å². The highest BCUT2D eigenvalue weighted by atomic mass is 16.5. The number of rotatable bonds is 4. The normalized spacial score (nSPS) is 11.9. The summed E-state index contributed by atoms with van der Waals surface area (Å²) >= 11 is 0. The Hall–Kier alpha value is -2.29. The molecule has 0 fully saturated rings. The Morgan fingerprint density at radius 1 is 1.15 bits per heavy atom. The van der Waals surface area contributed by atoms with Crippen LogP contribution in [0.3, 0.4) is 0 Å². The van der Waals surface area contributed by atoms with E-state index in [0.29, 0.717) is 6.61 Å². The van der Waals surface area contributed by atoms with E-state index in [-0.39, 0.29) is 17.6 Å². The standard InChI is InChI=1S/C17H18O3/c1-3-20-17(19)12(2)15-6-4-5-7-16(15)13-8-10-14(18)11-9-13/h4-12,18H,3H2,1-2H3. The van der Waals surface area contributed by atoms with E-state index in [1.165, 1.54) is 0 Å². The molecule has 1 atom stereocenters. The van der Waals surface area contributed by atoms with Gasteiger partial charge in [-0.15, -0.1) is 0 Å². The van der Waals surface area contributed by atoms with Gasteiger partial charge in [0.05, 0.1) is 12.5 Å². The highest BCUT2D eigenvalue weighted by Crippen LogP contribution is 2.30. The lowest BCUT2D eigenvalue weighted by molar-refractivity contribution is -0.144. The molecule has 3 nitrogen and oxygen atoms in total. The number of aromatic hydroxyl groups is 1. The summed E-state index contributed by atoms with van der Waals surface area (Å²) in [5.74, 6) is -0.316. The predicted molar refractivity (Wildman–Crippen MR) is 78.6 cm³/mol. The molecule has 0 aliphatic heterocycles. The third-order valence-electron chi connectivity index (χ3n) is 3.25. The van der Waals surface area contributed by atoms with Crippen LogP contribution in [0.25, 0.3) is 11.1 Å². The summed E-state index contributed by atoms with van der Waals surface area (Å²) < 4.78 is 5.09. The fraction of sp³-hybridized carbons (Fsp3) is 0.235. The van der Waals surface area contributed by atoms with Gasteiger partial charge in [-0.3, -0.25) is 4.79 Å². The van der Waals surface area contributed by atoms with E-state index < -0.39 is 0 Å². The van der Waals surface area contributed by atoms with Gasteiger partial charge in [0.2, 0.25) is 0 Å². The number of carbonyl (C=O) groups is 1. The van der Waals surface area contributed by atoms with E-state index in [4.69, 9.17) is 4.74 Å². The van der Waals surface area contributed by atoms with E-state index in [1.807, 2.05) is 43.3 Å². The van der Waals surface area contributed by atoms with Crippen molar-refractivity contribution in [3.8, 4) is 16.9 Å². The van der Waals surface area contributed by atoms with Gasteiger partial charge in [-0.25, -0.2) is 0 Å². The number of carbonyl (C=O) groups excluding carboxylic acids is 1. The van der Waals surface area contributed by atoms with E-state index in [9.17, 15) is 9.90 Å². The molecule has 1 N–H and O–H groups in total. The molecular formula is C17H18O3. The summed E-state index contributed by atoms with van der Waals surface area (Å²) in [6.45, 7) is 4.03. The van der Waals surface area contributed by atoms with Gasteiger partial charge in [0.15, 0.2) is 0 Å². The fourth-order valence-electron chi connectivity index (χ4n) is 2.17. The average molecular weight is 270 g/mol. The second kappa shape index (κ2) is 6.24. The third kappa shape index (κ3) is 2.99. The highest BCUT2D eigenvalue weighted by Gasteiger charge is 2.19. The molecule has 2 rings (SSSR count). The summed E-state index contributed by atoms with van der Waals surface area (Å²) in [5.41, 5.74) is 2.87. The molecule has 2 aromatic rings. The van der Waals surface area contributed by atoms with Crippen LogP contribution in [0.15, 0.2) is 48.5 Å². The van der Waals surface area contributed by atoms with E-state index in [0.717, 1.165) is 16.7 Å². The van der Waals surface area contributed by atoms with Crippen LogP contribution in [0.5, 0.6) is 5.75 Å². The molecule has 20 heavy (non-hydrogen) atoms. The van der Waals surface area contributed by atoms with Gasteiger partial charge in [0, 0.05) is 0 Å². The van der Waals surface area contributed by atoms with Gasteiger partial charge in [-0.1, -0.05) is 36.4 Å². The van der Waals surface area contributed by atoms with Crippen molar-refractivity contribution in [2.45, 2.75) is 19.8 Å². The van der Waals surface area contributed by atoms with E-state index in [1.54, 1.807) is 19.1 Å². The molecule has 2 aromatic carbocycles. The van der Waals surface area contributed by atoms with Crippen LogP contribution in [0.2, 0.25) is 0 Å². The molecular weight excluding hydrogens is 252 g/mol. The van der Waals surface area contributed by atoms with Crippen molar-refractivity contribution < 1.29 is 14.6 Å². The fourth-order valence-corrected chi connectivity index (χ4v) is 2.17. The van der Waals surface area contributed by atoms with E-state index in [2.05, 4.69) is 0 Å². The van der Waals surface area contributed by atoms with Crippen LogP contribution >= 0.6 is 0 Å². The summed E-state index contributed by atoms with van der Waals surface area (Å²) in [6.07, 6.45) is 0. The number of phenols is 1. The molecule has 0 aliphatic rings. The van der Waals surface area contributed by atoms with Crippen LogP contribution in [0.1, 0.15) is 25.3 Å². The molecule has 0 amide bonds. The first-order chi connectivity index (χ1) is 9.63. The minimum absolute atomic E-state index is 0.223. The number of esters is 1. The predicted octanol–water partition coefficient (Wildman–Crippen LogP) is 3.73. The second-order valence-electron chi connectivity index (χ2n) is 4.61. The summed E-state index contributed by atoms with van der Waals surface area (Å²) in [5, 5.41) is 9.37. The Balaban J connectivity index is 2.40. The molecule has 0 heterocycles. The van der Waals surface area contributed by atoms with Crippen molar-refractivity contribution in [2.24, 2.45) is 0 Å². The third-order valence-corrected chi connectivity index (χ3v) is 3.25. The number of benzene rings is 2. The molecule has 3 heteroatoms. The van der Waals surface area contributed by atoms with Gasteiger partial charge in [0.1, 0.15) is 5.75 Å². The lowest BCUT2D eigenvalue weighted by Crippen LogP contribution is -2.13. The molecule has 0 saturated heterocycles. The van der Waals surface area contributed by atoms with Crippen LogP contribution < -0.4 is 0 Å². The number of phenolic OH excluding ortho intramolecular Hbond substituents is 1. The van der Waals surface area contributed by atoms with E-state index >= 15 is 0 Å². The summed E-state index contributed by atoms with van der Waals surface area (Å²) in [4.78, 5) is 11.9. The molecule has 1 unspecified atom stereocenters. The van der Waals surface area contributed by atoms with Crippen molar-refractivity contribution in [2.75, 3.05) is 6.61 Å². The lowest BCUT2D eigenvalue weighted by atomic mass is 9.91. The smallest absolute Gasteiger partial charge is 0.313 e. The van der Waals surface area contributed by atoms with Crippen LogP contribution in [0.4, 0.5) is 0 Å². The topological polar surface area (TPSA) is 46.5 Å². The molecule has 0 spiro atoms. The SMILES string of the molecule is CCOC(=O)C(C)c1ccccc1-c1ccc(O)cc1. The molecule has 0 bridgehead atoms. The monoisotopic (exact) mass is 270 g/mol. The van der Waals surface area contributed by atoms with Gasteiger partial charge in [0.25, 0.3) is 0 Å². The first-order valence-electron chi connectivity index (χ1n) is 6.68. The quantitative estimate of drug-likeness (QED) is 0.861. The van der Waals surface area contributed by atoms with Crippen LogP contribution in [0, 0.1) is 0 Å². The maximum atomic E-state index is 11.9. The van der Waals surface area contributed by atoms with Crippen LogP contribution in [-0.4, -0.2) is 17.7 Å². The van der Waals surface area contributed by atoms with Crippen molar-refractivity contribution in [1.29, 1.82) is 0 Å². The maximum Gasteiger partial charge on any atom is 0.313 e. The summed E-state index contributed by atoms with van der Waals surface area (Å²) in [7, 11) is 0. The Labute approximate surface area is 118 Å². The lowest BCUT2D eigenvalue weighted by Gasteiger charge is -2.15. The first kappa shape index (κ1) is 14.1. The second-order valence-corrected chi connectivity index (χ2v) is 4.61. The number of ether oxygens (including phenoxy) is 1. The molecule has 0 radical (unpaired) electrons.